The van der Waals surface area contributed by atoms with E-state index in [1.165, 1.54) is 12.1 Å². The van der Waals surface area contributed by atoms with Gasteiger partial charge in [-0.2, -0.15) is 13.2 Å². The summed E-state index contributed by atoms with van der Waals surface area (Å²) in [4.78, 5) is 4.64. The topological polar surface area (TPSA) is 24.9 Å². The molecule has 4 nitrogen and oxygen atoms in total. The number of para-hydroxylation sites is 2. The standard InChI is InChI=1S/C26H27F3N2O2/c1-32-24-10-6-5-9-23(24)31-17-15-30(16-18-31)19-25(20-7-3-2-4-8-20)33-22-13-11-21(12-14-22)26(27,28)29/h2-14,25H,15-19H2,1H3. The molecule has 0 bridgehead atoms. The van der Waals surface area contributed by atoms with Gasteiger partial charge in [-0.15, -0.1) is 0 Å². The smallest absolute Gasteiger partial charge is 0.416 e. The molecule has 1 unspecified atom stereocenters. The molecule has 0 amide bonds. The Morgan fingerprint density at radius 2 is 1.45 bits per heavy atom. The van der Waals surface area contributed by atoms with Gasteiger partial charge in [-0.25, -0.2) is 0 Å². The Hall–Kier alpha value is -3.19. The van der Waals surface area contributed by atoms with E-state index in [1.807, 2.05) is 48.5 Å². The number of hydrogen-bond acceptors (Lipinski definition) is 4. The number of alkyl halides is 3. The highest BCUT2D eigenvalue weighted by Gasteiger charge is 2.30. The lowest BCUT2D eigenvalue weighted by Crippen LogP contribution is -2.48. The first kappa shape index (κ1) is 23.0. The Kier molecular flexibility index (Phi) is 7.08. The van der Waals surface area contributed by atoms with Crippen molar-refractivity contribution in [3.8, 4) is 11.5 Å². The lowest BCUT2D eigenvalue weighted by Gasteiger charge is -2.38. The van der Waals surface area contributed by atoms with E-state index in [9.17, 15) is 13.2 Å². The Bertz CT molecular complexity index is 1020. The van der Waals surface area contributed by atoms with Gasteiger partial charge < -0.3 is 14.4 Å². The van der Waals surface area contributed by atoms with Gasteiger partial charge in [-0.3, -0.25) is 4.90 Å². The van der Waals surface area contributed by atoms with Gasteiger partial charge in [0.2, 0.25) is 0 Å². The van der Waals surface area contributed by atoms with Crippen molar-refractivity contribution in [1.82, 2.24) is 4.90 Å². The van der Waals surface area contributed by atoms with Crippen LogP contribution in [0.15, 0.2) is 78.9 Å². The van der Waals surface area contributed by atoms with Crippen LogP contribution in [0.2, 0.25) is 0 Å². The fourth-order valence-electron chi connectivity index (χ4n) is 4.06. The van der Waals surface area contributed by atoms with E-state index in [-0.39, 0.29) is 6.10 Å². The molecule has 1 heterocycles. The van der Waals surface area contributed by atoms with Crippen LogP contribution in [0, 0.1) is 0 Å². The summed E-state index contributed by atoms with van der Waals surface area (Å²) in [5, 5.41) is 0. The van der Waals surface area contributed by atoms with E-state index in [0.717, 1.165) is 55.3 Å². The van der Waals surface area contributed by atoms with Crippen LogP contribution >= 0.6 is 0 Å². The molecule has 1 saturated heterocycles. The minimum atomic E-state index is -4.36. The normalized spacial score (nSPS) is 15.8. The minimum Gasteiger partial charge on any atom is -0.495 e. The molecule has 0 aromatic heterocycles. The van der Waals surface area contributed by atoms with Gasteiger partial charge in [0, 0.05) is 32.7 Å². The molecule has 4 rings (SSSR count). The number of rotatable bonds is 7. The Balaban J connectivity index is 1.44. The summed E-state index contributed by atoms with van der Waals surface area (Å²) in [6.07, 6.45) is -4.65. The number of ether oxygens (including phenoxy) is 2. The van der Waals surface area contributed by atoms with Crippen LogP contribution in [-0.4, -0.2) is 44.7 Å². The van der Waals surface area contributed by atoms with Crippen LogP contribution in [-0.2, 0) is 6.18 Å². The first-order valence-electron chi connectivity index (χ1n) is 10.9. The average Bonchev–Trinajstić information content (AvgIpc) is 2.84. The summed E-state index contributed by atoms with van der Waals surface area (Å²) in [7, 11) is 1.68. The highest BCUT2D eigenvalue weighted by atomic mass is 19.4. The van der Waals surface area contributed by atoms with E-state index in [4.69, 9.17) is 9.47 Å². The maximum atomic E-state index is 12.9. The molecule has 1 atom stereocenters. The molecular weight excluding hydrogens is 429 g/mol. The first-order valence-corrected chi connectivity index (χ1v) is 10.9. The third kappa shape index (κ3) is 5.79. The molecule has 1 aliphatic heterocycles. The molecule has 0 saturated carbocycles. The fraction of sp³-hybridized carbons (Fsp3) is 0.308. The summed E-state index contributed by atoms with van der Waals surface area (Å²) >= 11 is 0. The number of anilines is 1. The first-order chi connectivity index (χ1) is 15.9. The molecular formula is C26H27F3N2O2. The lowest BCUT2D eigenvalue weighted by atomic mass is 10.1. The summed E-state index contributed by atoms with van der Waals surface area (Å²) < 4.78 is 50.4. The molecule has 0 spiro atoms. The van der Waals surface area contributed by atoms with Gasteiger partial charge >= 0.3 is 6.18 Å². The van der Waals surface area contributed by atoms with Crippen molar-refractivity contribution in [2.24, 2.45) is 0 Å². The number of nitrogens with zero attached hydrogens (tertiary/aromatic N) is 2. The van der Waals surface area contributed by atoms with Gasteiger partial charge in [-0.05, 0) is 42.0 Å². The third-order valence-electron chi connectivity index (χ3n) is 5.85. The monoisotopic (exact) mass is 456 g/mol. The molecule has 174 valence electrons. The van der Waals surface area contributed by atoms with Crippen molar-refractivity contribution in [1.29, 1.82) is 0 Å². The van der Waals surface area contributed by atoms with E-state index < -0.39 is 11.7 Å². The van der Waals surface area contributed by atoms with E-state index >= 15 is 0 Å². The maximum absolute atomic E-state index is 12.9. The Morgan fingerprint density at radius 3 is 2.09 bits per heavy atom. The van der Waals surface area contributed by atoms with Gasteiger partial charge in [-0.1, -0.05) is 42.5 Å². The highest BCUT2D eigenvalue weighted by molar-refractivity contribution is 5.58. The summed E-state index contributed by atoms with van der Waals surface area (Å²) in [6.45, 7) is 4.03. The number of benzene rings is 3. The zero-order chi connectivity index (χ0) is 23.3. The van der Waals surface area contributed by atoms with E-state index in [2.05, 4.69) is 15.9 Å². The zero-order valence-electron chi connectivity index (χ0n) is 18.5. The van der Waals surface area contributed by atoms with Crippen molar-refractivity contribution < 1.29 is 22.6 Å². The second kappa shape index (κ2) is 10.2. The van der Waals surface area contributed by atoms with Gasteiger partial charge in [0.15, 0.2) is 0 Å². The van der Waals surface area contributed by atoms with Crippen molar-refractivity contribution in [2.45, 2.75) is 12.3 Å². The molecule has 7 heteroatoms. The Morgan fingerprint density at radius 1 is 0.818 bits per heavy atom. The lowest BCUT2D eigenvalue weighted by molar-refractivity contribution is -0.137. The minimum absolute atomic E-state index is 0.291. The van der Waals surface area contributed by atoms with Gasteiger partial charge in [0.05, 0.1) is 18.4 Å². The number of hydrogen-bond donors (Lipinski definition) is 0. The number of halogens is 3. The van der Waals surface area contributed by atoms with Crippen molar-refractivity contribution in [3.05, 3.63) is 90.0 Å². The van der Waals surface area contributed by atoms with Crippen LogP contribution in [0.3, 0.4) is 0 Å². The molecule has 0 radical (unpaired) electrons. The van der Waals surface area contributed by atoms with Crippen LogP contribution in [0.4, 0.5) is 18.9 Å². The van der Waals surface area contributed by atoms with E-state index in [0.29, 0.717) is 12.3 Å². The second-order valence-corrected chi connectivity index (χ2v) is 8.00. The quantitative estimate of drug-likeness (QED) is 0.458. The largest absolute Gasteiger partial charge is 0.495 e. The molecule has 3 aromatic rings. The summed E-state index contributed by atoms with van der Waals surface area (Å²) in [6, 6.07) is 22.7. The summed E-state index contributed by atoms with van der Waals surface area (Å²) in [5.74, 6) is 1.28. The van der Waals surface area contributed by atoms with Crippen molar-refractivity contribution >= 4 is 5.69 Å². The zero-order valence-corrected chi connectivity index (χ0v) is 18.5. The summed E-state index contributed by atoms with van der Waals surface area (Å²) in [5.41, 5.74) is 1.39. The molecule has 33 heavy (non-hydrogen) atoms. The van der Waals surface area contributed by atoms with Crippen LogP contribution < -0.4 is 14.4 Å². The maximum Gasteiger partial charge on any atom is 0.416 e. The third-order valence-corrected chi connectivity index (χ3v) is 5.85. The van der Waals surface area contributed by atoms with E-state index in [1.54, 1.807) is 7.11 Å². The molecule has 0 aliphatic carbocycles. The van der Waals surface area contributed by atoms with Crippen LogP contribution in [0.5, 0.6) is 11.5 Å². The van der Waals surface area contributed by atoms with Gasteiger partial charge in [0.25, 0.3) is 0 Å². The second-order valence-electron chi connectivity index (χ2n) is 8.00. The Labute approximate surface area is 192 Å². The predicted octanol–water partition coefficient (Wildman–Crippen LogP) is 5.66. The fourth-order valence-corrected chi connectivity index (χ4v) is 4.06. The number of piperazine rings is 1. The van der Waals surface area contributed by atoms with Crippen molar-refractivity contribution in [2.75, 3.05) is 44.7 Å². The average molecular weight is 457 g/mol. The van der Waals surface area contributed by atoms with Crippen LogP contribution in [0.1, 0.15) is 17.2 Å². The van der Waals surface area contributed by atoms with Crippen molar-refractivity contribution in [3.63, 3.8) is 0 Å². The molecule has 1 aliphatic rings. The number of methoxy groups -OCH3 is 1. The SMILES string of the molecule is COc1ccccc1N1CCN(CC(Oc2ccc(C(F)(F)F)cc2)c2ccccc2)CC1. The van der Waals surface area contributed by atoms with Gasteiger partial charge in [0.1, 0.15) is 17.6 Å². The molecule has 1 fully saturated rings. The highest BCUT2D eigenvalue weighted by Crippen LogP contribution is 2.32. The molecule has 0 N–H and O–H groups in total. The predicted molar refractivity (Wildman–Crippen MR) is 123 cm³/mol. The van der Waals surface area contributed by atoms with Crippen LogP contribution in [0.25, 0.3) is 0 Å². The molecule has 3 aromatic carbocycles.